The molecule has 2 aliphatic rings. The fourth-order valence-corrected chi connectivity index (χ4v) is 6.07. The van der Waals surface area contributed by atoms with E-state index in [0.717, 1.165) is 43.2 Å². The van der Waals surface area contributed by atoms with Crippen LogP contribution in [0, 0.1) is 18.7 Å². The molecule has 0 spiro atoms. The smallest absolute Gasteiger partial charge is 0.320 e. The molecule has 2 heterocycles. The molecule has 202 valence electrons. The monoisotopic (exact) mass is 511 g/mol. The Hall–Kier alpha value is -2.48. The van der Waals surface area contributed by atoms with Gasteiger partial charge in [0.1, 0.15) is 5.82 Å². The van der Waals surface area contributed by atoms with Gasteiger partial charge >= 0.3 is 6.03 Å². The fourth-order valence-electron chi connectivity index (χ4n) is 6.07. The Morgan fingerprint density at radius 1 is 1.22 bits per heavy atom. The van der Waals surface area contributed by atoms with Crippen molar-refractivity contribution in [2.75, 3.05) is 39.9 Å². The predicted octanol–water partition coefficient (Wildman–Crippen LogP) is 5.06. The molecule has 2 aromatic carbocycles. The zero-order valence-corrected chi connectivity index (χ0v) is 22.5. The van der Waals surface area contributed by atoms with Crippen LogP contribution in [0.5, 0.6) is 0 Å². The Morgan fingerprint density at radius 3 is 2.70 bits per heavy atom. The van der Waals surface area contributed by atoms with Gasteiger partial charge in [-0.15, -0.1) is 0 Å². The first-order chi connectivity index (χ1) is 17.6. The molecular weight excluding hydrogens is 469 g/mol. The maximum absolute atomic E-state index is 15.5. The largest absolute Gasteiger partial charge is 0.385 e. The Kier molecular flexibility index (Phi) is 8.56. The van der Waals surface area contributed by atoms with E-state index >= 15 is 4.39 Å². The third-order valence-electron chi connectivity index (χ3n) is 8.09. The van der Waals surface area contributed by atoms with Crippen molar-refractivity contribution in [1.29, 1.82) is 0 Å². The number of halogens is 1. The number of likely N-dealkylation sites (tertiary alicyclic amines) is 2. The average molecular weight is 512 g/mol. The molecule has 2 amide bonds. The Bertz CT molecular complexity index is 1090. The lowest BCUT2D eigenvalue weighted by molar-refractivity contribution is -0.0573. The van der Waals surface area contributed by atoms with Crippen molar-refractivity contribution in [3.05, 3.63) is 59.4 Å². The van der Waals surface area contributed by atoms with Crippen molar-refractivity contribution in [2.45, 2.75) is 63.5 Å². The summed E-state index contributed by atoms with van der Waals surface area (Å²) >= 11 is 0. The van der Waals surface area contributed by atoms with E-state index in [1.807, 2.05) is 54.0 Å². The molecule has 0 bridgehead atoms. The summed E-state index contributed by atoms with van der Waals surface area (Å²) in [6, 6.07) is 12.7. The summed E-state index contributed by atoms with van der Waals surface area (Å²) in [6.07, 6.45) is 4.34. The quantitative estimate of drug-likeness (QED) is 0.486. The number of amides is 2. The molecule has 0 radical (unpaired) electrons. The molecule has 37 heavy (non-hydrogen) atoms. The highest BCUT2D eigenvalue weighted by Crippen LogP contribution is 2.44. The van der Waals surface area contributed by atoms with Gasteiger partial charge in [0.05, 0.1) is 5.60 Å². The lowest BCUT2D eigenvalue weighted by atomic mass is 9.72. The predicted molar refractivity (Wildman–Crippen MR) is 145 cm³/mol. The summed E-state index contributed by atoms with van der Waals surface area (Å²) in [5.74, 6) is -0.563. The number of piperidine rings is 1. The van der Waals surface area contributed by atoms with Crippen molar-refractivity contribution in [1.82, 2.24) is 9.80 Å². The van der Waals surface area contributed by atoms with Crippen molar-refractivity contribution in [3.8, 4) is 11.1 Å². The Labute approximate surface area is 220 Å². The minimum Gasteiger partial charge on any atom is -0.385 e. The van der Waals surface area contributed by atoms with Gasteiger partial charge in [-0.1, -0.05) is 42.0 Å². The van der Waals surface area contributed by atoms with Crippen LogP contribution in [0.4, 0.5) is 9.18 Å². The second-order valence-electron chi connectivity index (χ2n) is 11.3. The molecule has 2 saturated heterocycles. The number of nitrogens with zero attached hydrogens (tertiary/aromatic N) is 2. The van der Waals surface area contributed by atoms with E-state index in [-0.39, 0.29) is 23.3 Å². The highest BCUT2D eigenvalue weighted by molar-refractivity contribution is 5.75. The van der Waals surface area contributed by atoms with Gasteiger partial charge in [0.2, 0.25) is 0 Å². The van der Waals surface area contributed by atoms with Gasteiger partial charge in [-0.05, 0) is 69.6 Å². The lowest BCUT2D eigenvalue weighted by Gasteiger charge is -2.44. The average Bonchev–Trinajstić information content (AvgIpc) is 3.25. The number of urea groups is 1. The van der Waals surface area contributed by atoms with Crippen LogP contribution < -0.4 is 5.73 Å². The van der Waals surface area contributed by atoms with Crippen LogP contribution >= 0.6 is 0 Å². The van der Waals surface area contributed by atoms with Crippen molar-refractivity contribution in [2.24, 2.45) is 11.7 Å². The number of methoxy groups -OCH3 is 1. The molecule has 3 N–H and O–H groups in total. The van der Waals surface area contributed by atoms with E-state index in [1.165, 1.54) is 6.07 Å². The minimum atomic E-state index is -1.29. The van der Waals surface area contributed by atoms with E-state index in [4.69, 9.17) is 10.5 Å². The maximum atomic E-state index is 15.5. The minimum absolute atomic E-state index is 0.0150. The first-order valence-corrected chi connectivity index (χ1v) is 13.5. The SMILES string of the molecule is COCCCC[C@@](O)(c1cccc(F)c1-c1cccc(C)c1)C1CCCN(C(=O)N2CCC(C)(N)C2)C1. The summed E-state index contributed by atoms with van der Waals surface area (Å²) in [6.45, 7) is 6.84. The normalized spacial score (nSPS) is 23.8. The van der Waals surface area contributed by atoms with Crippen LogP contribution in [0.25, 0.3) is 11.1 Å². The molecule has 2 aliphatic heterocycles. The van der Waals surface area contributed by atoms with E-state index in [2.05, 4.69) is 0 Å². The summed E-state index contributed by atoms with van der Waals surface area (Å²) in [5.41, 5.74) is 7.47. The van der Waals surface area contributed by atoms with E-state index in [9.17, 15) is 9.90 Å². The summed E-state index contributed by atoms with van der Waals surface area (Å²) in [7, 11) is 1.67. The Morgan fingerprint density at radius 2 is 2.00 bits per heavy atom. The molecule has 0 aliphatic carbocycles. The first-order valence-electron chi connectivity index (χ1n) is 13.5. The number of carbonyl (C=O) groups excluding carboxylic acids is 1. The number of unbranched alkanes of at least 4 members (excludes halogenated alkanes) is 1. The van der Waals surface area contributed by atoms with Gasteiger partial charge in [0.15, 0.2) is 0 Å². The lowest BCUT2D eigenvalue weighted by Crippen LogP contribution is -2.52. The van der Waals surface area contributed by atoms with Crippen molar-refractivity contribution < 1.29 is 19.0 Å². The number of aryl methyl sites for hydroxylation is 1. The molecule has 0 aromatic heterocycles. The van der Waals surface area contributed by atoms with Crippen LogP contribution in [0.1, 0.15) is 56.6 Å². The number of rotatable bonds is 8. The van der Waals surface area contributed by atoms with Gasteiger partial charge in [-0.3, -0.25) is 0 Å². The van der Waals surface area contributed by atoms with Gasteiger partial charge in [0.25, 0.3) is 0 Å². The number of benzene rings is 2. The fraction of sp³-hybridized carbons (Fsp3) is 0.567. The van der Waals surface area contributed by atoms with Gasteiger partial charge in [-0.25, -0.2) is 9.18 Å². The summed E-state index contributed by atoms with van der Waals surface area (Å²) < 4.78 is 20.7. The topological polar surface area (TPSA) is 79.0 Å². The second-order valence-corrected chi connectivity index (χ2v) is 11.3. The number of nitrogens with two attached hydrogens (primary N) is 1. The van der Waals surface area contributed by atoms with Crippen LogP contribution in [0.3, 0.4) is 0 Å². The van der Waals surface area contributed by atoms with Crippen LogP contribution in [-0.2, 0) is 10.3 Å². The molecule has 7 heteroatoms. The Balaban J connectivity index is 1.68. The van der Waals surface area contributed by atoms with Crippen LogP contribution in [-0.4, -0.2) is 66.4 Å². The third kappa shape index (κ3) is 6.16. The van der Waals surface area contributed by atoms with Gasteiger partial charge < -0.3 is 25.4 Å². The zero-order valence-electron chi connectivity index (χ0n) is 22.5. The van der Waals surface area contributed by atoms with E-state index in [1.54, 1.807) is 13.2 Å². The highest BCUT2D eigenvalue weighted by Gasteiger charge is 2.44. The maximum Gasteiger partial charge on any atom is 0.320 e. The number of ether oxygens (including phenoxy) is 1. The van der Waals surface area contributed by atoms with Gasteiger partial charge in [0, 0.05) is 56.9 Å². The molecule has 0 saturated carbocycles. The molecule has 2 fully saturated rings. The number of hydrogen-bond acceptors (Lipinski definition) is 4. The second kappa shape index (κ2) is 11.5. The number of carbonyl (C=O) groups is 1. The highest BCUT2D eigenvalue weighted by atomic mass is 19.1. The van der Waals surface area contributed by atoms with Gasteiger partial charge in [-0.2, -0.15) is 0 Å². The zero-order chi connectivity index (χ0) is 26.6. The van der Waals surface area contributed by atoms with Crippen LogP contribution in [0.15, 0.2) is 42.5 Å². The first kappa shape index (κ1) is 27.6. The summed E-state index contributed by atoms with van der Waals surface area (Å²) in [4.78, 5) is 17.1. The summed E-state index contributed by atoms with van der Waals surface area (Å²) in [5, 5.41) is 12.5. The molecule has 2 aromatic rings. The van der Waals surface area contributed by atoms with Crippen molar-refractivity contribution >= 4 is 6.03 Å². The van der Waals surface area contributed by atoms with Crippen molar-refractivity contribution in [3.63, 3.8) is 0 Å². The van der Waals surface area contributed by atoms with Crippen LogP contribution in [0.2, 0.25) is 0 Å². The molecular formula is C30H42FN3O3. The third-order valence-corrected chi connectivity index (χ3v) is 8.09. The van der Waals surface area contributed by atoms with E-state index in [0.29, 0.717) is 50.3 Å². The molecule has 3 atom stereocenters. The number of aliphatic hydroxyl groups is 1. The molecule has 6 nitrogen and oxygen atoms in total. The molecule has 4 rings (SSSR count). The standard InChI is InChI=1S/C30H42FN3O3/c1-22-9-6-10-23(19-22)27-25(12-7-13-26(27)31)30(36,14-4-5-18-37-3)24-11-8-16-33(20-24)28(35)34-17-15-29(2,32)21-34/h6-7,9-10,12-13,19,24,36H,4-5,8,11,14-18,20-21,32H2,1-3H3/t24?,29?,30-/m0/s1. The number of hydrogen-bond donors (Lipinski definition) is 2. The van der Waals surface area contributed by atoms with E-state index < -0.39 is 5.60 Å². The molecule has 2 unspecified atom stereocenters.